The van der Waals surface area contributed by atoms with E-state index in [1.54, 1.807) is 6.20 Å². The number of hydrogen-bond donors (Lipinski definition) is 1. The molecule has 0 aliphatic heterocycles. The maximum absolute atomic E-state index is 13.3. The number of unbranched alkanes of at least 4 members (excludes halogenated alkanes) is 1. The van der Waals surface area contributed by atoms with E-state index >= 15 is 0 Å². The maximum atomic E-state index is 13.3. The van der Waals surface area contributed by atoms with Crippen molar-refractivity contribution in [3.63, 3.8) is 0 Å². The molecule has 1 aliphatic rings. The zero-order chi connectivity index (χ0) is 27.0. The first-order valence-electron chi connectivity index (χ1n) is 13.2. The van der Waals surface area contributed by atoms with E-state index in [4.69, 9.17) is 0 Å². The number of pyridine rings is 1. The number of aromatic nitrogens is 3. The summed E-state index contributed by atoms with van der Waals surface area (Å²) >= 11 is 0. The van der Waals surface area contributed by atoms with Gasteiger partial charge in [0.05, 0.1) is 5.70 Å². The Bertz CT molecular complexity index is 1200. The normalized spacial score (nSPS) is 18.2. The van der Waals surface area contributed by atoms with Gasteiger partial charge in [-0.15, -0.1) is 0 Å². The second-order valence-electron chi connectivity index (χ2n) is 9.79. The van der Waals surface area contributed by atoms with Crippen LogP contribution in [0.15, 0.2) is 77.8 Å². The second-order valence-corrected chi connectivity index (χ2v) is 9.79. The molecule has 0 spiro atoms. The van der Waals surface area contributed by atoms with E-state index in [1.165, 1.54) is 0 Å². The second kappa shape index (κ2) is 12.8. The van der Waals surface area contributed by atoms with Gasteiger partial charge in [-0.05, 0) is 74.1 Å². The molecule has 198 valence electrons. The van der Waals surface area contributed by atoms with Crippen LogP contribution in [0.2, 0.25) is 0 Å². The molecule has 1 fully saturated rings. The smallest absolute Gasteiger partial charge is 0.253 e. The van der Waals surface area contributed by atoms with E-state index in [1.807, 2.05) is 36.1 Å². The molecular formula is C31H40F2N4. The van der Waals surface area contributed by atoms with E-state index in [0.717, 1.165) is 64.8 Å². The van der Waals surface area contributed by atoms with Crippen molar-refractivity contribution in [1.82, 2.24) is 14.8 Å². The average molecular weight is 507 g/mol. The zero-order valence-electron chi connectivity index (χ0n) is 22.8. The van der Waals surface area contributed by atoms with Gasteiger partial charge < -0.3 is 5.32 Å². The SMILES string of the molecule is C=C(\C=C(C)/C(=C\C)C(=C/c1cnc(NCC2CC2(F)F)cc1C)/C(=C/CCC)n1cccn1)CCC. The minimum Gasteiger partial charge on any atom is -0.370 e. The van der Waals surface area contributed by atoms with Crippen LogP contribution in [0.3, 0.4) is 0 Å². The molecule has 6 heteroatoms. The highest BCUT2D eigenvalue weighted by molar-refractivity contribution is 5.83. The summed E-state index contributed by atoms with van der Waals surface area (Å²) in [5.74, 6) is -2.52. The molecule has 1 unspecified atom stereocenters. The summed E-state index contributed by atoms with van der Waals surface area (Å²) in [4.78, 5) is 4.54. The lowest BCUT2D eigenvalue weighted by Gasteiger charge is -2.19. The minimum absolute atomic E-state index is 0.0485. The van der Waals surface area contributed by atoms with Gasteiger partial charge in [0.2, 0.25) is 0 Å². The molecule has 1 saturated carbocycles. The van der Waals surface area contributed by atoms with Crippen LogP contribution < -0.4 is 5.32 Å². The molecule has 0 amide bonds. The van der Waals surface area contributed by atoms with Gasteiger partial charge in [0.25, 0.3) is 5.92 Å². The Labute approximate surface area is 220 Å². The van der Waals surface area contributed by atoms with Gasteiger partial charge in [-0.2, -0.15) is 5.10 Å². The molecule has 1 N–H and O–H groups in total. The van der Waals surface area contributed by atoms with E-state index in [0.29, 0.717) is 5.82 Å². The van der Waals surface area contributed by atoms with Gasteiger partial charge in [-0.1, -0.05) is 57.1 Å². The standard InChI is InChI=1S/C31H40F2N4/c1-7-10-13-29(37-15-11-14-36-37)28(27(9-3)24(6)16-22(4)12-8-2)18-25-20-34-30(17-23(25)5)35-21-26-19-31(26,32)33/h9,11,13-18,20,26H,4,7-8,10,12,19,21H2,1-3,5-6H3,(H,34,35)/b24-16-,27-9+,28-18-,29-13-. The van der Waals surface area contributed by atoms with E-state index in [2.05, 4.69) is 74.0 Å². The number of nitrogens with zero attached hydrogens (tertiary/aromatic N) is 3. The van der Waals surface area contributed by atoms with Crippen molar-refractivity contribution < 1.29 is 8.78 Å². The van der Waals surface area contributed by atoms with Crippen LogP contribution in [-0.4, -0.2) is 27.2 Å². The highest BCUT2D eigenvalue weighted by Crippen LogP contribution is 2.48. The Morgan fingerprint density at radius 1 is 1.27 bits per heavy atom. The quantitative estimate of drug-likeness (QED) is 0.277. The topological polar surface area (TPSA) is 42.7 Å². The summed E-state index contributed by atoms with van der Waals surface area (Å²) < 4.78 is 28.4. The molecule has 2 heterocycles. The van der Waals surface area contributed by atoms with Gasteiger partial charge in [0.1, 0.15) is 5.82 Å². The fourth-order valence-electron chi connectivity index (χ4n) is 4.37. The molecule has 37 heavy (non-hydrogen) atoms. The Hall–Kier alpha value is -3.28. The Balaban J connectivity index is 2.04. The molecule has 3 rings (SSSR count). The molecular weight excluding hydrogens is 466 g/mol. The van der Waals surface area contributed by atoms with Gasteiger partial charge in [-0.3, -0.25) is 0 Å². The molecule has 1 aliphatic carbocycles. The first kappa shape index (κ1) is 28.3. The van der Waals surface area contributed by atoms with Crippen molar-refractivity contribution in [2.45, 2.75) is 72.6 Å². The van der Waals surface area contributed by atoms with Crippen molar-refractivity contribution in [2.75, 3.05) is 11.9 Å². The number of alkyl halides is 2. The largest absolute Gasteiger partial charge is 0.370 e. The summed E-state index contributed by atoms with van der Waals surface area (Å²) in [6, 6.07) is 3.85. The number of hydrogen-bond acceptors (Lipinski definition) is 3. The molecule has 0 aromatic carbocycles. The van der Waals surface area contributed by atoms with Crippen LogP contribution in [-0.2, 0) is 0 Å². The number of halogens is 2. The molecule has 0 saturated heterocycles. The van der Waals surface area contributed by atoms with Gasteiger partial charge >= 0.3 is 0 Å². The Morgan fingerprint density at radius 3 is 2.59 bits per heavy atom. The van der Waals surface area contributed by atoms with E-state index in [9.17, 15) is 8.78 Å². The number of allylic oxidation sites excluding steroid dienone is 8. The van der Waals surface area contributed by atoms with Crippen molar-refractivity contribution in [1.29, 1.82) is 0 Å². The minimum atomic E-state index is -2.54. The van der Waals surface area contributed by atoms with Crippen LogP contribution in [0.1, 0.15) is 70.9 Å². The molecule has 4 nitrogen and oxygen atoms in total. The monoisotopic (exact) mass is 506 g/mol. The molecule has 2 aromatic rings. The molecule has 0 radical (unpaired) electrons. The lowest BCUT2D eigenvalue weighted by atomic mass is 9.91. The third kappa shape index (κ3) is 7.61. The lowest BCUT2D eigenvalue weighted by molar-refractivity contribution is 0.101. The summed E-state index contributed by atoms with van der Waals surface area (Å²) in [6.07, 6.45) is 18.1. The Morgan fingerprint density at radius 2 is 2.03 bits per heavy atom. The van der Waals surface area contributed by atoms with E-state index in [-0.39, 0.29) is 13.0 Å². The van der Waals surface area contributed by atoms with Gasteiger partial charge in [0, 0.05) is 43.0 Å². The third-order valence-corrected chi connectivity index (χ3v) is 6.59. The molecule has 0 bridgehead atoms. The predicted octanol–water partition coefficient (Wildman–Crippen LogP) is 8.63. The van der Waals surface area contributed by atoms with Crippen molar-refractivity contribution in [3.05, 3.63) is 88.9 Å². The number of rotatable bonds is 13. The van der Waals surface area contributed by atoms with Gasteiger partial charge in [0.15, 0.2) is 0 Å². The van der Waals surface area contributed by atoms with Crippen LogP contribution in [0.5, 0.6) is 0 Å². The zero-order valence-corrected chi connectivity index (χ0v) is 22.8. The van der Waals surface area contributed by atoms with Crippen molar-refractivity contribution in [3.8, 4) is 0 Å². The maximum Gasteiger partial charge on any atom is 0.253 e. The fourth-order valence-corrected chi connectivity index (χ4v) is 4.37. The molecule has 1 atom stereocenters. The highest BCUT2D eigenvalue weighted by Gasteiger charge is 2.56. The number of aryl methyl sites for hydroxylation is 1. The average Bonchev–Trinajstić information content (AvgIpc) is 3.20. The van der Waals surface area contributed by atoms with Crippen LogP contribution >= 0.6 is 0 Å². The lowest BCUT2D eigenvalue weighted by Crippen LogP contribution is -2.10. The van der Waals surface area contributed by atoms with Crippen molar-refractivity contribution in [2.24, 2.45) is 5.92 Å². The van der Waals surface area contributed by atoms with Gasteiger partial charge in [-0.25, -0.2) is 18.4 Å². The third-order valence-electron chi connectivity index (χ3n) is 6.59. The van der Waals surface area contributed by atoms with Crippen LogP contribution in [0.25, 0.3) is 11.8 Å². The fraction of sp³-hybridized carbons (Fsp3) is 0.419. The molecule has 2 aromatic heterocycles. The number of anilines is 1. The van der Waals surface area contributed by atoms with E-state index < -0.39 is 11.8 Å². The summed E-state index contributed by atoms with van der Waals surface area (Å²) in [6.45, 7) is 15.0. The van der Waals surface area contributed by atoms with Crippen molar-refractivity contribution >= 4 is 17.6 Å². The first-order chi connectivity index (χ1) is 17.7. The van der Waals surface area contributed by atoms with Crippen LogP contribution in [0, 0.1) is 12.8 Å². The number of nitrogens with one attached hydrogen (secondary N) is 1. The first-order valence-corrected chi connectivity index (χ1v) is 13.2. The summed E-state index contributed by atoms with van der Waals surface area (Å²) in [5.41, 5.74) is 7.37. The predicted molar refractivity (Wildman–Crippen MR) is 151 cm³/mol. The highest BCUT2D eigenvalue weighted by atomic mass is 19.3. The Kier molecular flexibility index (Phi) is 9.79. The summed E-state index contributed by atoms with van der Waals surface area (Å²) in [5, 5.41) is 7.62. The summed E-state index contributed by atoms with van der Waals surface area (Å²) in [7, 11) is 0. The van der Waals surface area contributed by atoms with Crippen LogP contribution in [0.4, 0.5) is 14.6 Å².